The third-order valence-electron chi connectivity index (χ3n) is 1.10. The molecule has 0 N–H and O–H groups in total. The molecule has 50 valence electrons. The summed E-state index contributed by atoms with van der Waals surface area (Å²) in [6.07, 6.45) is 9.00. The van der Waals surface area contributed by atoms with E-state index >= 15 is 0 Å². The van der Waals surface area contributed by atoms with Crippen LogP contribution in [0.3, 0.4) is 0 Å². The van der Waals surface area contributed by atoms with Gasteiger partial charge in [0.05, 0.1) is 4.47 Å². The van der Waals surface area contributed by atoms with Gasteiger partial charge < -0.3 is 0 Å². The standard InChI is InChI=1S/C8H7BrN/c1-2-5-10-6-3-4-8(9)7-10/h1,3-4,6-7H,5H2/q+1. The van der Waals surface area contributed by atoms with Crippen molar-refractivity contribution < 1.29 is 4.57 Å². The second kappa shape index (κ2) is 3.38. The van der Waals surface area contributed by atoms with Gasteiger partial charge in [0.1, 0.15) is 0 Å². The summed E-state index contributed by atoms with van der Waals surface area (Å²) >= 11 is 3.34. The zero-order valence-electron chi connectivity index (χ0n) is 5.42. The fraction of sp³-hybridized carbons (Fsp3) is 0.125. The summed E-state index contributed by atoms with van der Waals surface area (Å²) in [6.45, 7) is 0.624. The van der Waals surface area contributed by atoms with Gasteiger partial charge in [-0.3, -0.25) is 0 Å². The number of pyridine rings is 1. The predicted octanol–water partition coefficient (Wildman–Crippen LogP) is 1.37. The molecule has 0 aliphatic rings. The number of nitrogens with zero attached hydrogens (tertiary/aromatic N) is 1. The monoisotopic (exact) mass is 196 g/mol. The molecule has 0 radical (unpaired) electrons. The summed E-state index contributed by atoms with van der Waals surface area (Å²) in [5, 5.41) is 0. The van der Waals surface area contributed by atoms with Gasteiger partial charge in [0, 0.05) is 6.07 Å². The summed E-state index contributed by atoms with van der Waals surface area (Å²) in [5.74, 6) is 2.55. The Hall–Kier alpha value is -0.810. The second-order valence-electron chi connectivity index (χ2n) is 1.90. The molecule has 0 saturated carbocycles. The van der Waals surface area contributed by atoms with Crippen LogP contribution >= 0.6 is 15.9 Å². The molecule has 0 aliphatic heterocycles. The summed E-state index contributed by atoms with van der Waals surface area (Å²) in [6, 6.07) is 3.91. The molecule has 0 bridgehead atoms. The van der Waals surface area contributed by atoms with Crippen molar-refractivity contribution in [3.05, 3.63) is 29.0 Å². The molecule has 0 aromatic carbocycles. The predicted molar refractivity (Wildman–Crippen MR) is 43.2 cm³/mol. The van der Waals surface area contributed by atoms with E-state index in [4.69, 9.17) is 6.42 Å². The highest BCUT2D eigenvalue weighted by atomic mass is 79.9. The van der Waals surface area contributed by atoms with Crippen LogP contribution in [-0.4, -0.2) is 0 Å². The van der Waals surface area contributed by atoms with Crippen LogP contribution in [-0.2, 0) is 6.54 Å². The first kappa shape index (κ1) is 7.30. The normalized spacial score (nSPS) is 8.80. The molecular formula is C8H7BrN+. The molecule has 0 aliphatic carbocycles. The molecule has 2 heteroatoms. The van der Waals surface area contributed by atoms with Crippen molar-refractivity contribution in [2.75, 3.05) is 0 Å². The molecule has 1 aromatic heterocycles. The van der Waals surface area contributed by atoms with Gasteiger partial charge >= 0.3 is 0 Å². The molecule has 1 aromatic rings. The highest BCUT2D eigenvalue weighted by molar-refractivity contribution is 9.10. The van der Waals surface area contributed by atoms with E-state index in [2.05, 4.69) is 21.9 Å². The SMILES string of the molecule is C#CC[n+]1cccc(Br)c1. The third kappa shape index (κ3) is 1.85. The lowest BCUT2D eigenvalue weighted by Gasteiger charge is -1.88. The summed E-state index contributed by atoms with van der Waals surface area (Å²) in [7, 11) is 0. The lowest BCUT2D eigenvalue weighted by Crippen LogP contribution is -2.31. The zero-order valence-corrected chi connectivity index (χ0v) is 7.01. The average molecular weight is 197 g/mol. The van der Waals surface area contributed by atoms with Gasteiger partial charge in [0.15, 0.2) is 12.4 Å². The van der Waals surface area contributed by atoms with E-state index in [-0.39, 0.29) is 0 Å². The molecule has 0 saturated heterocycles. The van der Waals surface area contributed by atoms with Crippen molar-refractivity contribution in [3.8, 4) is 12.3 Å². The molecule has 1 nitrogen and oxygen atoms in total. The molecule has 10 heavy (non-hydrogen) atoms. The van der Waals surface area contributed by atoms with Gasteiger partial charge in [-0.1, -0.05) is 0 Å². The van der Waals surface area contributed by atoms with E-state index in [0.29, 0.717) is 6.54 Å². The minimum Gasteiger partial charge on any atom is -0.192 e. The minimum absolute atomic E-state index is 0.624. The van der Waals surface area contributed by atoms with Gasteiger partial charge in [-0.15, -0.1) is 6.42 Å². The van der Waals surface area contributed by atoms with Crippen molar-refractivity contribution in [2.24, 2.45) is 0 Å². The summed E-state index contributed by atoms with van der Waals surface area (Å²) in [4.78, 5) is 0. The Balaban J connectivity index is 2.87. The van der Waals surface area contributed by atoms with E-state index in [1.165, 1.54) is 0 Å². The van der Waals surface area contributed by atoms with Crippen LogP contribution in [0.1, 0.15) is 0 Å². The number of terminal acetylenes is 1. The van der Waals surface area contributed by atoms with Gasteiger partial charge in [-0.25, -0.2) is 0 Å². The van der Waals surface area contributed by atoms with Crippen molar-refractivity contribution in [1.82, 2.24) is 0 Å². The van der Waals surface area contributed by atoms with Gasteiger partial charge in [-0.2, -0.15) is 4.57 Å². The van der Waals surface area contributed by atoms with Crippen LogP contribution < -0.4 is 4.57 Å². The number of hydrogen-bond acceptors (Lipinski definition) is 0. The van der Waals surface area contributed by atoms with Crippen LogP contribution in [0.25, 0.3) is 0 Å². The van der Waals surface area contributed by atoms with E-state index in [9.17, 15) is 0 Å². The lowest BCUT2D eigenvalue weighted by atomic mass is 10.5. The maximum atomic E-state index is 5.12. The first-order chi connectivity index (χ1) is 4.83. The Morgan fingerprint density at radius 3 is 3.10 bits per heavy atom. The molecular weight excluding hydrogens is 190 g/mol. The zero-order chi connectivity index (χ0) is 7.40. The van der Waals surface area contributed by atoms with Crippen molar-refractivity contribution in [3.63, 3.8) is 0 Å². The van der Waals surface area contributed by atoms with Crippen LogP contribution in [0.4, 0.5) is 0 Å². The van der Waals surface area contributed by atoms with Gasteiger partial charge in [0.25, 0.3) is 0 Å². The summed E-state index contributed by atoms with van der Waals surface area (Å²) in [5.41, 5.74) is 0. The van der Waals surface area contributed by atoms with Gasteiger partial charge in [0.2, 0.25) is 6.54 Å². The van der Waals surface area contributed by atoms with Crippen molar-refractivity contribution >= 4 is 15.9 Å². The molecule has 1 rings (SSSR count). The number of rotatable bonds is 1. The number of hydrogen-bond donors (Lipinski definition) is 0. The highest BCUT2D eigenvalue weighted by Gasteiger charge is 1.95. The Kier molecular flexibility index (Phi) is 2.47. The van der Waals surface area contributed by atoms with Crippen LogP contribution in [0.5, 0.6) is 0 Å². The first-order valence-corrected chi connectivity index (χ1v) is 3.70. The fourth-order valence-corrected chi connectivity index (χ4v) is 1.11. The van der Waals surface area contributed by atoms with Crippen molar-refractivity contribution in [2.45, 2.75) is 6.54 Å². The van der Waals surface area contributed by atoms with E-state index in [1.54, 1.807) is 0 Å². The van der Waals surface area contributed by atoms with Crippen LogP contribution in [0.2, 0.25) is 0 Å². The van der Waals surface area contributed by atoms with Gasteiger partial charge in [-0.05, 0) is 27.9 Å². The molecule has 0 spiro atoms. The van der Waals surface area contributed by atoms with E-state index < -0.39 is 0 Å². The smallest absolute Gasteiger partial charge is 0.192 e. The summed E-state index contributed by atoms with van der Waals surface area (Å²) < 4.78 is 2.98. The quantitative estimate of drug-likeness (QED) is 0.472. The molecule has 0 fully saturated rings. The maximum absolute atomic E-state index is 5.12. The molecule has 0 amide bonds. The lowest BCUT2D eigenvalue weighted by molar-refractivity contribution is -0.685. The minimum atomic E-state index is 0.624. The third-order valence-corrected chi connectivity index (χ3v) is 1.57. The number of aromatic nitrogens is 1. The van der Waals surface area contributed by atoms with E-state index in [0.717, 1.165) is 4.47 Å². The number of halogens is 1. The topological polar surface area (TPSA) is 3.88 Å². The highest BCUT2D eigenvalue weighted by Crippen LogP contribution is 2.02. The van der Waals surface area contributed by atoms with Crippen molar-refractivity contribution in [1.29, 1.82) is 0 Å². The van der Waals surface area contributed by atoms with Crippen LogP contribution in [0.15, 0.2) is 29.0 Å². The molecule has 0 atom stereocenters. The Labute approximate surface area is 68.8 Å². The maximum Gasteiger partial charge on any atom is 0.208 e. The fourth-order valence-electron chi connectivity index (χ4n) is 0.694. The largest absolute Gasteiger partial charge is 0.208 e. The van der Waals surface area contributed by atoms with Crippen LogP contribution in [0, 0.1) is 12.3 Å². The molecule has 0 unspecified atom stereocenters. The Morgan fingerprint density at radius 1 is 1.70 bits per heavy atom. The second-order valence-corrected chi connectivity index (χ2v) is 2.81. The average Bonchev–Trinajstić information content (AvgIpc) is 1.88. The Morgan fingerprint density at radius 2 is 2.50 bits per heavy atom. The van der Waals surface area contributed by atoms with E-state index in [1.807, 2.05) is 29.1 Å². The molecule has 1 heterocycles. The Bertz CT molecular complexity index is 262. The first-order valence-electron chi connectivity index (χ1n) is 2.91.